The number of rotatable bonds is 1. The van der Waals surface area contributed by atoms with E-state index >= 15 is 0 Å². The summed E-state index contributed by atoms with van der Waals surface area (Å²) in [6.07, 6.45) is 1.04. The molecule has 0 fully saturated rings. The molecule has 0 radical (unpaired) electrons. The van der Waals surface area contributed by atoms with Crippen LogP contribution in [0, 0.1) is 5.82 Å². The Balaban J connectivity index is 2.94. The Morgan fingerprint density at radius 1 is 1.44 bits per heavy atom. The molecule has 0 aliphatic heterocycles. The van der Waals surface area contributed by atoms with Crippen LogP contribution in [0.1, 0.15) is 19.4 Å². The molecule has 16 heavy (non-hydrogen) atoms. The molecule has 84 valence electrons. The minimum Gasteiger partial charge on any atom is -0.386 e. The van der Waals surface area contributed by atoms with Crippen molar-refractivity contribution in [3.63, 3.8) is 0 Å². The fourth-order valence-corrected chi connectivity index (χ4v) is 1.67. The maximum absolute atomic E-state index is 13.6. The van der Waals surface area contributed by atoms with E-state index in [4.69, 9.17) is 0 Å². The van der Waals surface area contributed by atoms with Crippen molar-refractivity contribution in [1.82, 2.24) is 9.97 Å². The molecule has 2 N–H and O–H groups in total. The van der Waals surface area contributed by atoms with Gasteiger partial charge in [-0.15, -0.1) is 0 Å². The van der Waals surface area contributed by atoms with Gasteiger partial charge in [0.05, 0.1) is 22.8 Å². The zero-order chi connectivity index (χ0) is 11.9. The van der Waals surface area contributed by atoms with Crippen molar-refractivity contribution >= 4 is 11.0 Å². The van der Waals surface area contributed by atoms with E-state index in [-0.39, 0.29) is 16.6 Å². The molecule has 0 unspecified atom stereocenters. The van der Waals surface area contributed by atoms with E-state index < -0.39 is 11.4 Å². The lowest BCUT2D eigenvalue weighted by atomic mass is 9.97. The number of aromatic nitrogens is 2. The molecular weight excluding hydrogens is 211 g/mol. The summed E-state index contributed by atoms with van der Waals surface area (Å²) < 4.78 is 13.6. The van der Waals surface area contributed by atoms with Gasteiger partial charge in [0.1, 0.15) is 5.82 Å². The van der Waals surface area contributed by atoms with Crippen molar-refractivity contribution in [3.8, 4) is 0 Å². The van der Waals surface area contributed by atoms with Gasteiger partial charge < -0.3 is 10.1 Å². The highest BCUT2D eigenvalue weighted by atomic mass is 19.1. The third-order valence-corrected chi connectivity index (χ3v) is 2.31. The Bertz CT molecular complexity index is 599. The number of hydrogen-bond donors (Lipinski definition) is 2. The van der Waals surface area contributed by atoms with Crippen molar-refractivity contribution in [2.75, 3.05) is 0 Å². The summed E-state index contributed by atoms with van der Waals surface area (Å²) >= 11 is 0. The first kappa shape index (κ1) is 10.8. The van der Waals surface area contributed by atoms with Gasteiger partial charge in [0, 0.05) is 11.6 Å². The van der Waals surface area contributed by atoms with E-state index in [1.165, 1.54) is 26.0 Å². The van der Waals surface area contributed by atoms with Gasteiger partial charge in [0.2, 0.25) is 5.56 Å². The second-order valence-electron chi connectivity index (χ2n) is 4.12. The molecule has 0 spiro atoms. The molecule has 0 aromatic carbocycles. The molecule has 0 atom stereocenters. The highest BCUT2D eigenvalue weighted by Gasteiger charge is 2.24. The molecule has 0 bridgehead atoms. The van der Waals surface area contributed by atoms with Crippen molar-refractivity contribution < 1.29 is 9.50 Å². The van der Waals surface area contributed by atoms with Gasteiger partial charge in [0.25, 0.3) is 0 Å². The molecule has 0 saturated heterocycles. The third-order valence-electron chi connectivity index (χ3n) is 2.31. The average Bonchev–Trinajstić information content (AvgIpc) is 2.14. The second-order valence-corrected chi connectivity index (χ2v) is 4.12. The monoisotopic (exact) mass is 222 g/mol. The molecule has 5 heteroatoms. The number of H-pyrrole nitrogens is 1. The number of hydrogen-bond acceptors (Lipinski definition) is 3. The zero-order valence-electron chi connectivity index (χ0n) is 8.91. The van der Waals surface area contributed by atoms with Crippen LogP contribution in [0.4, 0.5) is 4.39 Å². The average molecular weight is 222 g/mol. The second kappa shape index (κ2) is 3.38. The molecule has 0 saturated carbocycles. The number of fused-ring (bicyclic) bond motifs is 1. The molecule has 4 nitrogen and oxygen atoms in total. The van der Waals surface area contributed by atoms with Gasteiger partial charge >= 0.3 is 0 Å². The molecule has 0 aliphatic carbocycles. The Hall–Kier alpha value is -1.75. The Morgan fingerprint density at radius 3 is 2.75 bits per heavy atom. The van der Waals surface area contributed by atoms with Crippen LogP contribution in [0.3, 0.4) is 0 Å². The molecule has 2 aromatic heterocycles. The Morgan fingerprint density at radius 2 is 2.12 bits per heavy atom. The van der Waals surface area contributed by atoms with Gasteiger partial charge in [-0.2, -0.15) is 0 Å². The lowest BCUT2D eigenvalue weighted by Gasteiger charge is -2.19. The predicted molar refractivity (Wildman–Crippen MR) is 57.6 cm³/mol. The van der Waals surface area contributed by atoms with Crippen molar-refractivity contribution in [2.45, 2.75) is 19.4 Å². The van der Waals surface area contributed by atoms with Crippen LogP contribution < -0.4 is 5.56 Å². The van der Waals surface area contributed by atoms with Crippen LogP contribution in [-0.2, 0) is 5.60 Å². The smallest absolute Gasteiger partial charge is 0.248 e. The summed E-state index contributed by atoms with van der Waals surface area (Å²) in [7, 11) is 0. The normalized spacial score (nSPS) is 12.0. The maximum Gasteiger partial charge on any atom is 0.248 e. The largest absolute Gasteiger partial charge is 0.386 e. The lowest BCUT2D eigenvalue weighted by Crippen LogP contribution is -2.20. The SMILES string of the molecule is CC(C)(O)c1c(F)cnc2ccc(=O)[nH]c12. The lowest BCUT2D eigenvalue weighted by molar-refractivity contribution is 0.0759. The quantitative estimate of drug-likeness (QED) is 0.764. The first-order valence-electron chi connectivity index (χ1n) is 4.80. The summed E-state index contributed by atoms with van der Waals surface area (Å²) in [6.45, 7) is 2.91. The van der Waals surface area contributed by atoms with Crippen LogP contribution in [0.25, 0.3) is 11.0 Å². The summed E-state index contributed by atoms with van der Waals surface area (Å²) in [4.78, 5) is 17.5. The standard InChI is InChI=1S/C11H11FN2O2/c1-11(2,16)9-6(12)5-13-7-3-4-8(15)14-10(7)9/h3-5,16H,1-2H3,(H,14,15). The van der Waals surface area contributed by atoms with E-state index in [2.05, 4.69) is 9.97 Å². The van der Waals surface area contributed by atoms with Crippen molar-refractivity contribution in [3.05, 3.63) is 40.1 Å². The Labute approximate surface area is 90.8 Å². The van der Waals surface area contributed by atoms with Crippen LogP contribution >= 0.6 is 0 Å². The number of pyridine rings is 2. The van der Waals surface area contributed by atoms with Crippen LogP contribution in [0.15, 0.2) is 23.1 Å². The summed E-state index contributed by atoms with van der Waals surface area (Å²) in [5, 5.41) is 9.87. The first-order chi connectivity index (χ1) is 7.39. The topological polar surface area (TPSA) is 66.0 Å². The minimum absolute atomic E-state index is 0.0511. The van der Waals surface area contributed by atoms with E-state index in [0.29, 0.717) is 5.52 Å². The van der Waals surface area contributed by atoms with E-state index in [9.17, 15) is 14.3 Å². The number of aromatic amines is 1. The van der Waals surface area contributed by atoms with Crippen molar-refractivity contribution in [2.24, 2.45) is 0 Å². The Kier molecular flexibility index (Phi) is 2.27. The van der Waals surface area contributed by atoms with E-state index in [0.717, 1.165) is 6.20 Å². The molecule has 2 heterocycles. The van der Waals surface area contributed by atoms with Crippen LogP contribution in [-0.4, -0.2) is 15.1 Å². The highest BCUT2D eigenvalue weighted by molar-refractivity contribution is 5.78. The van der Waals surface area contributed by atoms with Crippen LogP contribution in [0.5, 0.6) is 0 Å². The van der Waals surface area contributed by atoms with Gasteiger partial charge in [-0.05, 0) is 19.9 Å². The number of nitrogens with zero attached hydrogens (tertiary/aromatic N) is 1. The minimum atomic E-state index is -1.38. The molecule has 0 aliphatic rings. The number of aliphatic hydroxyl groups is 1. The van der Waals surface area contributed by atoms with Gasteiger partial charge in [0.15, 0.2) is 0 Å². The molecule has 0 amide bonds. The zero-order valence-corrected chi connectivity index (χ0v) is 8.91. The van der Waals surface area contributed by atoms with Gasteiger partial charge in [-0.1, -0.05) is 0 Å². The fourth-order valence-electron chi connectivity index (χ4n) is 1.67. The number of nitrogens with one attached hydrogen (secondary N) is 1. The van der Waals surface area contributed by atoms with E-state index in [1.807, 2.05) is 0 Å². The number of halogens is 1. The first-order valence-corrected chi connectivity index (χ1v) is 4.80. The van der Waals surface area contributed by atoms with Crippen molar-refractivity contribution in [1.29, 1.82) is 0 Å². The fraction of sp³-hybridized carbons (Fsp3) is 0.273. The van der Waals surface area contributed by atoms with E-state index in [1.54, 1.807) is 0 Å². The van der Waals surface area contributed by atoms with Crippen LogP contribution in [0.2, 0.25) is 0 Å². The molecular formula is C11H11FN2O2. The summed E-state index contributed by atoms with van der Waals surface area (Å²) in [6, 6.07) is 2.80. The van der Waals surface area contributed by atoms with Gasteiger partial charge in [-0.3, -0.25) is 9.78 Å². The summed E-state index contributed by atoms with van der Waals surface area (Å²) in [5.41, 5.74) is -1.01. The predicted octanol–water partition coefficient (Wildman–Crippen LogP) is 1.29. The van der Waals surface area contributed by atoms with Gasteiger partial charge in [-0.25, -0.2) is 4.39 Å². The maximum atomic E-state index is 13.6. The highest BCUT2D eigenvalue weighted by Crippen LogP contribution is 2.27. The third kappa shape index (κ3) is 1.69. The molecule has 2 aromatic rings. The summed E-state index contributed by atoms with van der Waals surface area (Å²) in [5.74, 6) is -0.637. The molecule has 2 rings (SSSR count).